The molecular formula is C12H21NO4. The molecule has 2 aliphatic heterocycles. The first-order valence-electron chi connectivity index (χ1n) is 6.40. The predicted octanol–water partition coefficient (Wildman–Crippen LogP) is 0.0228. The highest BCUT2D eigenvalue weighted by molar-refractivity contribution is 5.79. The number of carbonyl (C=O) groups excluding carboxylic acids is 1. The van der Waals surface area contributed by atoms with Gasteiger partial charge in [0.2, 0.25) is 5.91 Å². The lowest BCUT2D eigenvalue weighted by Crippen LogP contribution is -2.44. The van der Waals surface area contributed by atoms with E-state index < -0.39 is 0 Å². The lowest BCUT2D eigenvalue weighted by molar-refractivity contribution is -0.138. The van der Waals surface area contributed by atoms with E-state index in [4.69, 9.17) is 14.6 Å². The number of nitrogens with zero attached hydrogens (tertiary/aromatic N) is 1. The second-order valence-electron chi connectivity index (χ2n) is 4.68. The fraction of sp³-hybridized carbons (Fsp3) is 0.917. The number of ether oxygens (including phenoxy) is 2. The molecule has 0 aromatic carbocycles. The lowest BCUT2D eigenvalue weighted by atomic mass is 10.0. The van der Waals surface area contributed by atoms with Crippen LogP contribution in [-0.4, -0.2) is 61.5 Å². The van der Waals surface area contributed by atoms with E-state index in [0.29, 0.717) is 19.8 Å². The fourth-order valence-corrected chi connectivity index (χ4v) is 2.45. The van der Waals surface area contributed by atoms with Gasteiger partial charge >= 0.3 is 0 Å². The highest BCUT2D eigenvalue weighted by Crippen LogP contribution is 2.20. The number of amides is 1. The highest BCUT2D eigenvalue weighted by atomic mass is 16.5. The molecule has 0 saturated carbocycles. The Labute approximate surface area is 102 Å². The average molecular weight is 243 g/mol. The standard InChI is InChI=1S/C12H21NO4/c14-6-8-17-11-1-4-13(5-2-11)12(15)10-3-7-16-9-10/h10-11,14H,1-9H2. The van der Waals surface area contributed by atoms with Crippen LogP contribution in [0, 0.1) is 5.92 Å². The largest absolute Gasteiger partial charge is 0.394 e. The number of aliphatic hydroxyl groups excluding tert-OH is 1. The minimum Gasteiger partial charge on any atom is -0.394 e. The number of hydrogen-bond acceptors (Lipinski definition) is 4. The van der Waals surface area contributed by atoms with E-state index in [1.807, 2.05) is 4.90 Å². The normalized spacial score (nSPS) is 26.4. The number of aliphatic hydroxyl groups is 1. The molecule has 98 valence electrons. The van der Waals surface area contributed by atoms with Crippen LogP contribution in [0.2, 0.25) is 0 Å². The third kappa shape index (κ3) is 3.40. The van der Waals surface area contributed by atoms with Crippen molar-refractivity contribution in [3.8, 4) is 0 Å². The summed E-state index contributed by atoms with van der Waals surface area (Å²) >= 11 is 0. The molecule has 2 heterocycles. The molecule has 1 atom stereocenters. The van der Waals surface area contributed by atoms with Crippen LogP contribution in [0.25, 0.3) is 0 Å². The van der Waals surface area contributed by atoms with Gasteiger partial charge in [-0.15, -0.1) is 0 Å². The SMILES string of the molecule is O=C(C1CCOC1)N1CCC(OCCO)CC1. The molecule has 2 saturated heterocycles. The third-order valence-electron chi connectivity index (χ3n) is 3.48. The molecule has 1 amide bonds. The molecule has 0 radical (unpaired) electrons. The van der Waals surface area contributed by atoms with Gasteiger partial charge in [-0.2, -0.15) is 0 Å². The molecule has 17 heavy (non-hydrogen) atoms. The maximum absolute atomic E-state index is 12.1. The second-order valence-corrected chi connectivity index (χ2v) is 4.68. The van der Waals surface area contributed by atoms with Gasteiger partial charge in [-0.25, -0.2) is 0 Å². The molecule has 0 aromatic rings. The summed E-state index contributed by atoms with van der Waals surface area (Å²) in [5, 5.41) is 8.68. The zero-order valence-electron chi connectivity index (χ0n) is 10.1. The van der Waals surface area contributed by atoms with E-state index in [9.17, 15) is 4.79 Å². The Morgan fingerprint density at radius 3 is 2.71 bits per heavy atom. The Hall–Kier alpha value is -0.650. The first-order chi connectivity index (χ1) is 8.31. The summed E-state index contributed by atoms with van der Waals surface area (Å²) in [6.45, 7) is 3.30. The van der Waals surface area contributed by atoms with Gasteiger partial charge in [-0.3, -0.25) is 4.79 Å². The molecule has 1 N–H and O–H groups in total. The van der Waals surface area contributed by atoms with Crippen LogP contribution in [0.3, 0.4) is 0 Å². The van der Waals surface area contributed by atoms with Gasteiger partial charge in [0, 0.05) is 19.7 Å². The van der Waals surface area contributed by atoms with E-state index in [0.717, 1.165) is 32.4 Å². The van der Waals surface area contributed by atoms with Gasteiger partial charge in [0.15, 0.2) is 0 Å². The number of rotatable bonds is 4. The molecule has 0 aliphatic carbocycles. The monoisotopic (exact) mass is 243 g/mol. The Bertz CT molecular complexity index is 245. The predicted molar refractivity (Wildman–Crippen MR) is 61.6 cm³/mol. The van der Waals surface area contributed by atoms with Crippen LogP contribution in [0.4, 0.5) is 0 Å². The molecule has 2 fully saturated rings. The first kappa shape index (κ1) is 12.8. The summed E-state index contributed by atoms with van der Waals surface area (Å²) in [5.41, 5.74) is 0. The fourth-order valence-electron chi connectivity index (χ4n) is 2.45. The first-order valence-corrected chi connectivity index (χ1v) is 6.40. The van der Waals surface area contributed by atoms with Crippen molar-refractivity contribution in [3.63, 3.8) is 0 Å². The molecule has 2 aliphatic rings. The Morgan fingerprint density at radius 2 is 2.12 bits per heavy atom. The zero-order chi connectivity index (χ0) is 12.1. The number of likely N-dealkylation sites (tertiary alicyclic amines) is 1. The number of hydrogen-bond donors (Lipinski definition) is 1. The third-order valence-corrected chi connectivity index (χ3v) is 3.48. The van der Waals surface area contributed by atoms with E-state index in [1.165, 1.54) is 0 Å². The molecular weight excluding hydrogens is 222 g/mol. The smallest absolute Gasteiger partial charge is 0.228 e. The Kier molecular flexibility index (Phi) is 4.76. The molecule has 1 unspecified atom stereocenters. The topological polar surface area (TPSA) is 59.0 Å². The molecule has 0 aromatic heterocycles. The Balaban J connectivity index is 1.72. The van der Waals surface area contributed by atoms with Gasteiger partial charge in [-0.1, -0.05) is 0 Å². The summed E-state index contributed by atoms with van der Waals surface area (Å²) in [6.07, 6.45) is 2.81. The van der Waals surface area contributed by atoms with Crippen LogP contribution in [0.1, 0.15) is 19.3 Å². The van der Waals surface area contributed by atoms with Crippen molar-refractivity contribution in [2.45, 2.75) is 25.4 Å². The van der Waals surface area contributed by atoms with Gasteiger partial charge in [0.1, 0.15) is 0 Å². The van der Waals surface area contributed by atoms with Crippen LogP contribution in [-0.2, 0) is 14.3 Å². The van der Waals surface area contributed by atoms with Crippen LogP contribution >= 0.6 is 0 Å². The summed E-state index contributed by atoms with van der Waals surface area (Å²) in [7, 11) is 0. The lowest BCUT2D eigenvalue weighted by Gasteiger charge is -2.33. The number of carbonyl (C=O) groups is 1. The second kappa shape index (κ2) is 6.33. The summed E-state index contributed by atoms with van der Waals surface area (Å²) < 4.78 is 10.7. The maximum atomic E-state index is 12.1. The summed E-state index contributed by atoms with van der Waals surface area (Å²) in [5.74, 6) is 0.313. The van der Waals surface area contributed by atoms with Crippen molar-refractivity contribution in [3.05, 3.63) is 0 Å². The van der Waals surface area contributed by atoms with Crippen LogP contribution < -0.4 is 0 Å². The van der Waals surface area contributed by atoms with Crippen molar-refractivity contribution in [2.24, 2.45) is 5.92 Å². The van der Waals surface area contributed by atoms with Crippen molar-refractivity contribution >= 4 is 5.91 Å². The van der Waals surface area contributed by atoms with E-state index in [-0.39, 0.29) is 24.5 Å². The van der Waals surface area contributed by atoms with E-state index in [1.54, 1.807) is 0 Å². The summed E-state index contributed by atoms with van der Waals surface area (Å²) in [6, 6.07) is 0. The average Bonchev–Trinajstić information content (AvgIpc) is 2.90. The quantitative estimate of drug-likeness (QED) is 0.756. The van der Waals surface area contributed by atoms with Crippen LogP contribution in [0.5, 0.6) is 0 Å². The molecule has 5 nitrogen and oxygen atoms in total. The van der Waals surface area contributed by atoms with Crippen molar-refractivity contribution < 1.29 is 19.4 Å². The van der Waals surface area contributed by atoms with Crippen molar-refractivity contribution in [1.82, 2.24) is 4.90 Å². The summed E-state index contributed by atoms with van der Waals surface area (Å²) in [4.78, 5) is 14.0. The maximum Gasteiger partial charge on any atom is 0.228 e. The minimum atomic E-state index is 0.0680. The van der Waals surface area contributed by atoms with E-state index >= 15 is 0 Å². The molecule has 0 spiro atoms. The Morgan fingerprint density at radius 1 is 1.35 bits per heavy atom. The van der Waals surface area contributed by atoms with Gasteiger partial charge in [0.05, 0.1) is 31.8 Å². The van der Waals surface area contributed by atoms with E-state index in [2.05, 4.69) is 0 Å². The van der Waals surface area contributed by atoms with Gasteiger partial charge in [0.25, 0.3) is 0 Å². The highest BCUT2D eigenvalue weighted by Gasteiger charge is 2.30. The van der Waals surface area contributed by atoms with Crippen LogP contribution in [0.15, 0.2) is 0 Å². The van der Waals surface area contributed by atoms with Gasteiger partial charge in [-0.05, 0) is 19.3 Å². The minimum absolute atomic E-state index is 0.0680. The zero-order valence-corrected chi connectivity index (χ0v) is 10.1. The van der Waals surface area contributed by atoms with Crippen molar-refractivity contribution in [2.75, 3.05) is 39.5 Å². The van der Waals surface area contributed by atoms with Crippen molar-refractivity contribution in [1.29, 1.82) is 0 Å². The molecule has 0 bridgehead atoms. The molecule has 2 rings (SSSR count). The molecule has 5 heteroatoms. The number of piperidine rings is 1. The van der Waals surface area contributed by atoms with Gasteiger partial charge < -0.3 is 19.5 Å².